The number of nitrogens with zero attached hydrogens (tertiary/aromatic N) is 2. The molecular weight excluding hydrogens is 292 g/mol. The van der Waals surface area contributed by atoms with E-state index in [0.717, 1.165) is 6.42 Å². The Bertz CT molecular complexity index is 766. The monoisotopic (exact) mass is 310 g/mol. The highest BCUT2D eigenvalue weighted by Crippen LogP contribution is 2.38. The van der Waals surface area contributed by atoms with Crippen molar-refractivity contribution in [1.29, 1.82) is 0 Å². The minimum Gasteiger partial charge on any atom is -0.504 e. The Morgan fingerprint density at radius 3 is 2.48 bits per heavy atom. The summed E-state index contributed by atoms with van der Waals surface area (Å²) in [6.07, 6.45) is 0.742. The molecule has 0 saturated heterocycles. The van der Waals surface area contributed by atoms with Gasteiger partial charge in [0.15, 0.2) is 11.5 Å². The SMILES string of the molecule is CCn1nc(C(C)(C)CC)c(=O)c2c(Cl)c(O)c(O)cc21. The fourth-order valence-electron chi connectivity index (χ4n) is 2.22. The summed E-state index contributed by atoms with van der Waals surface area (Å²) in [6, 6.07) is 1.32. The van der Waals surface area contributed by atoms with Crippen molar-refractivity contribution in [2.24, 2.45) is 0 Å². The van der Waals surface area contributed by atoms with Crippen LogP contribution in [0.2, 0.25) is 5.02 Å². The number of aromatic hydroxyl groups is 2. The normalized spacial score (nSPS) is 12.0. The van der Waals surface area contributed by atoms with Gasteiger partial charge < -0.3 is 10.2 Å². The molecule has 0 radical (unpaired) electrons. The van der Waals surface area contributed by atoms with Gasteiger partial charge in [-0.2, -0.15) is 5.10 Å². The maximum absolute atomic E-state index is 12.7. The fraction of sp³-hybridized carbons (Fsp3) is 0.467. The largest absolute Gasteiger partial charge is 0.504 e. The zero-order valence-electron chi connectivity index (χ0n) is 12.6. The van der Waals surface area contributed by atoms with Crippen LogP contribution in [0.4, 0.5) is 0 Å². The van der Waals surface area contributed by atoms with Crippen LogP contribution in [0.1, 0.15) is 39.8 Å². The lowest BCUT2D eigenvalue weighted by Gasteiger charge is -2.23. The minimum atomic E-state index is -0.477. The Morgan fingerprint density at radius 2 is 1.95 bits per heavy atom. The molecule has 0 fully saturated rings. The maximum Gasteiger partial charge on any atom is 0.213 e. The average molecular weight is 311 g/mol. The number of halogens is 1. The molecule has 0 amide bonds. The van der Waals surface area contributed by atoms with Gasteiger partial charge in [-0.1, -0.05) is 32.4 Å². The molecule has 114 valence electrons. The molecule has 1 aromatic heterocycles. The summed E-state index contributed by atoms with van der Waals surface area (Å²) in [5, 5.41) is 24.0. The second-order valence-electron chi connectivity index (χ2n) is 5.68. The molecule has 0 spiro atoms. The number of hydrogen-bond donors (Lipinski definition) is 2. The number of phenols is 2. The zero-order chi connectivity index (χ0) is 15.9. The lowest BCUT2D eigenvalue weighted by molar-refractivity contribution is 0.404. The quantitative estimate of drug-likeness (QED) is 0.854. The van der Waals surface area contributed by atoms with Crippen molar-refractivity contribution in [3.05, 3.63) is 27.0 Å². The first-order valence-corrected chi connectivity index (χ1v) is 7.28. The predicted molar refractivity (Wildman–Crippen MR) is 83.3 cm³/mol. The second kappa shape index (κ2) is 5.22. The summed E-state index contributed by atoms with van der Waals surface area (Å²) in [4.78, 5) is 12.7. The van der Waals surface area contributed by atoms with Gasteiger partial charge >= 0.3 is 0 Å². The molecule has 1 heterocycles. The lowest BCUT2D eigenvalue weighted by atomic mass is 9.85. The molecule has 2 rings (SSSR count). The van der Waals surface area contributed by atoms with Crippen LogP contribution in [-0.4, -0.2) is 20.0 Å². The van der Waals surface area contributed by atoms with Gasteiger partial charge in [-0.25, -0.2) is 0 Å². The first-order valence-electron chi connectivity index (χ1n) is 6.90. The summed E-state index contributed by atoms with van der Waals surface area (Å²) in [7, 11) is 0. The van der Waals surface area contributed by atoms with E-state index in [1.165, 1.54) is 6.07 Å². The molecule has 0 aliphatic rings. The van der Waals surface area contributed by atoms with Gasteiger partial charge in [0.25, 0.3) is 0 Å². The van der Waals surface area contributed by atoms with Gasteiger partial charge in [0, 0.05) is 18.0 Å². The number of phenolic OH excluding ortho intramolecular Hbond substituents is 2. The summed E-state index contributed by atoms with van der Waals surface area (Å²) >= 11 is 6.08. The van der Waals surface area contributed by atoms with Crippen LogP contribution >= 0.6 is 11.6 Å². The number of fused-ring (bicyclic) bond motifs is 1. The molecule has 0 unspecified atom stereocenters. The zero-order valence-corrected chi connectivity index (χ0v) is 13.3. The molecule has 6 heteroatoms. The Labute approximate surface area is 127 Å². The molecular formula is C15H19ClN2O3. The Morgan fingerprint density at radius 1 is 1.33 bits per heavy atom. The summed E-state index contributed by atoms with van der Waals surface area (Å²) in [5.74, 6) is -0.839. The van der Waals surface area contributed by atoms with Crippen LogP contribution in [0.5, 0.6) is 11.5 Å². The Kier molecular flexibility index (Phi) is 3.89. The van der Waals surface area contributed by atoms with Crippen LogP contribution in [0.3, 0.4) is 0 Å². The molecule has 0 atom stereocenters. The first-order chi connectivity index (χ1) is 9.74. The van der Waals surface area contributed by atoms with E-state index in [4.69, 9.17) is 11.6 Å². The third-order valence-electron chi connectivity index (χ3n) is 3.96. The van der Waals surface area contributed by atoms with Gasteiger partial charge in [0.2, 0.25) is 5.43 Å². The van der Waals surface area contributed by atoms with Gasteiger partial charge in [-0.05, 0) is 13.3 Å². The van der Waals surface area contributed by atoms with Crippen molar-refractivity contribution >= 4 is 22.5 Å². The molecule has 2 aromatic rings. The van der Waals surface area contributed by atoms with Gasteiger partial charge in [-0.15, -0.1) is 0 Å². The van der Waals surface area contributed by atoms with E-state index < -0.39 is 11.2 Å². The molecule has 0 aliphatic carbocycles. The van der Waals surface area contributed by atoms with Gasteiger partial charge in [-0.3, -0.25) is 9.48 Å². The number of hydrogen-bond acceptors (Lipinski definition) is 4. The molecule has 0 bridgehead atoms. The van der Waals surface area contributed by atoms with E-state index in [1.807, 2.05) is 27.7 Å². The third kappa shape index (κ3) is 2.35. The first kappa shape index (κ1) is 15.6. The predicted octanol–water partition coefficient (Wildman–Crippen LogP) is 3.17. The molecule has 0 aliphatic heterocycles. The average Bonchev–Trinajstić information content (AvgIpc) is 2.44. The number of benzene rings is 1. The summed E-state index contributed by atoms with van der Waals surface area (Å²) in [5.41, 5.74) is 0.116. The van der Waals surface area contributed by atoms with E-state index in [0.29, 0.717) is 17.8 Å². The Balaban J connectivity index is 3.03. The fourth-order valence-corrected chi connectivity index (χ4v) is 2.50. The van der Waals surface area contributed by atoms with Crippen molar-refractivity contribution in [2.45, 2.75) is 46.1 Å². The van der Waals surface area contributed by atoms with E-state index in [-0.39, 0.29) is 21.6 Å². The third-order valence-corrected chi connectivity index (χ3v) is 4.33. The van der Waals surface area contributed by atoms with Crippen molar-refractivity contribution < 1.29 is 10.2 Å². The summed E-state index contributed by atoms with van der Waals surface area (Å²) in [6.45, 7) is 8.27. The Hall–Kier alpha value is -1.75. The maximum atomic E-state index is 12.7. The van der Waals surface area contributed by atoms with Crippen molar-refractivity contribution in [1.82, 2.24) is 9.78 Å². The number of aromatic nitrogens is 2. The van der Waals surface area contributed by atoms with Gasteiger partial charge in [0.1, 0.15) is 5.69 Å². The van der Waals surface area contributed by atoms with E-state index in [9.17, 15) is 15.0 Å². The number of aryl methyl sites for hydroxylation is 1. The molecule has 0 saturated carbocycles. The highest BCUT2D eigenvalue weighted by Gasteiger charge is 2.27. The molecule has 5 nitrogen and oxygen atoms in total. The topological polar surface area (TPSA) is 75.4 Å². The number of rotatable bonds is 3. The van der Waals surface area contributed by atoms with E-state index in [2.05, 4.69) is 5.10 Å². The standard InChI is InChI=1S/C15H19ClN2O3/c1-5-15(3,4)14-13(21)10-8(18(6-2)17-14)7-9(19)12(20)11(10)16/h7,19-20H,5-6H2,1-4H3. The van der Waals surface area contributed by atoms with Crippen LogP contribution in [0, 0.1) is 0 Å². The molecule has 21 heavy (non-hydrogen) atoms. The van der Waals surface area contributed by atoms with Crippen LogP contribution in [0.15, 0.2) is 10.9 Å². The van der Waals surface area contributed by atoms with Crippen LogP contribution in [-0.2, 0) is 12.0 Å². The van der Waals surface area contributed by atoms with Crippen molar-refractivity contribution in [3.63, 3.8) is 0 Å². The van der Waals surface area contributed by atoms with Crippen molar-refractivity contribution in [2.75, 3.05) is 0 Å². The molecule has 2 N–H and O–H groups in total. The smallest absolute Gasteiger partial charge is 0.213 e. The lowest BCUT2D eigenvalue weighted by Crippen LogP contribution is -2.30. The van der Waals surface area contributed by atoms with E-state index in [1.54, 1.807) is 4.68 Å². The van der Waals surface area contributed by atoms with Gasteiger partial charge in [0.05, 0.1) is 15.9 Å². The van der Waals surface area contributed by atoms with Crippen LogP contribution in [0.25, 0.3) is 10.9 Å². The van der Waals surface area contributed by atoms with Crippen molar-refractivity contribution in [3.8, 4) is 11.5 Å². The van der Waals surface area contributed by atoms with E-state index >= 15 is 0 Å². The second-order valence-corrected chi connectivity index (χ2v) is 6.06. The summed E-state index contributed by atoms with van der Waals surface area (Å²) < 4.78 is 1.62. The minimum absolute atomic E-state index is 0.132. The van der Waals surface area contributed by atoms with Crippen LogP contribution < -0.4 is 5.43 Å². The molecule has 1 aromatic carbocycles. The highest BCUT2D eigenvalue weighted by atomic mass is 35.5. The highest BCUT2D eigenvalue weighted by molar-refractivity contribution is 6.37.